The first-order valence-corrected chi connectivity index (χ1v) is 10.0. The molecule has 142 valence electrons. The lowest BCUT2D eigenvalue weighted by molar-refractivity contribution is -0.140. The molecule has 0 aliphatic carbocycles. The van der Waals surface area contributed by atoms with Crippen LogP contribution in [-0.4, -0.2) is 21.4 Å². The summed E-state index contributed by atoms with van der Waals surface area (Å²) in [6.45, 7) is 11.1. The highest BCUT2D eigenvalue weighted by molar-refractivity contribution is 4.93. The summed E-state index contributed by atoms with van der Waals surface area (Å²) in [4.78, 5) is 0. The second kappa shape index (κ2) is 13.7. The Balaban J connectivity index is 3.80. The molecule has 0 heterocycles. The Labute approximate surface area is 151 Å². The maximum absolute atomic E-state index is 10.7. The van der Waals surface area contributed by atoms with E-state index in [0.717, 1.165) is 44.9 Å². The molecule has 0 aliphatic rings. The van der Waals surface area contributed by atoms with Gasteiger partial charge in [0.15, 0.2) is 0 Å². The maximum Gasteiger partial charge on any atom is 0.0902 e. The fraction of sp³-hybridized carbons (Fsp3) is 0.818. The van der Waals surface area contributed by atoms with Crippen LogP contribution in [0.1, 0.15) is 104 Å². The smallest absolute Gasteiger partial charge is 0.0902 e. The number of aliphatic hydroxyl groups is 2. The highest BCUT2D eigenvalue weighted by Crippen LogP contribution is 2.32. The van der Waals surface area contributed by atoms with E-state index in [1.807, 2.05) is 12.2 Å². The third-order valence-corrected chi connectivity index (χ3v) is 5.30. The summed E-state index contributed by atoms with van der Waals surface area (Å²) in [5.41, 5.74) is -1.98. The molecule has 24 heavy (non-hydrogen) atoms. The van der Waals surface area contributed by atoms with Gasteiger partial charge in [-0.15, -0.1) is 13.2 Å². The minimum Gasteiger partial charge on any atom is -0.387 e. The molecule has 2 nitrogen and oxygen atoms in total. The van der Waals surface area contributed by atoms with Crippen molar-refractivity contribution in [3.05, 3.63) is 25.3 Å². The van der Waals surface area contributed by atoms with Crippen LogP contribution < -0.4 is 0 Å². The van der Waals surface area contributed by atoms with Gasteiger partial charge in [0.2, 0.25) is 0 Å². The van der Waals surface area contributed by atoms with Gasteiger partial charge >= 0.3 is 0 Å². The third-order valence-electron chi connectivity index (χ3n) is 5.30. The molecule has 0 aromatic rings. The summed E-state index contributed by atoms with van der Waals surface area (Å²) in [5.74, 6) is 0. The summed E-state index contributed by atoms with van der Waals surface area (Å²) in [7, 11) is 0. The molecule has 2 heteroatoms. The molecule has 2 atom stereocenters. The summed E-state index contributed by atoms with van der Waals surface area (Å²) in [6.07, 6.45) is 19.1. The predicted octanol–water partition coefficient (Wildman–Crippen LogP) is 6.32. The molecule has 0 saturated carbocycles. The first-order valence-electron chi connectivity index (χ1n) is 10.0. The molecular weight excluding hydrogens is 296 g/mol. The second-order valence-electron chi connectivity index (χ2n) is 7.74. The van der Waals surface area contributed by atoms with Crippen molar-refractivity contribution in [1.29, 1.82) is 0 Å². The van der Waals surface area contributed by atoms with E-state index in [4.69, 9.17) is 0 Å². The van der Waals surface area contributed by atoms with Crippen molar-refractivity contribution in [3.8, 4) is 0 Å². The van der Waals surface area contributed by atoms with Gasteiger partial charge in [-0.3, -0.25) is 0 Å². The summed E-state index contributed by atoms with van der Waals surface area (Å²) >= 11 is 0. The number of unbranched alkanes of at least 4 members (excludes halogenated alkanes) is 10. The monoisotopic (exact) mass is 338 g/mol. The van der Waals surface area contributed by atoms with E-state index in [1.54, 1.807) is 13.8 Å². The van der Waals surface area contributed by atoms with Gasteiger partial charge in [-0.05, 0) is 52.4 Å². The summed E-state index contributed by atoms with van der Waals surface area (Å²) < 4.78 is 0. The predicted molar refractivity (Wildman–Crippen MR) is 106 cm³/mol. The third kappa shape index (κ3) is 11.0. The van der Waals surface area contributed by atoms with Crippen molar-refractivity contribution >= 4 is 0 Å². The van der Waals surface area contributed by atoms with Crippen LogP contribution in [0.3, 0.4) is 0 Å². The van der Waals surface area contributed by atoms with Crippen molar-refractivity contribution in [2.24, 2.45) is 0 Å². The highest BCUT2D eigenvalue weighted by atomic mass is 16.4. The van der Waals surface area contributed by atoms with Gasteiger partial charge in [-0.2, -0.15) is 0 Å². The molecule has 0 radical (unpaired) electrons. The molecule has 0 amide bonds. The Hall–Kier alpha value is -0.600. The van der Waals surface area contributed by atoms with Crippen LogP contribution in [-0.2, 0) is 0 Å². The molecule has 0 saturated heterocycles. The van der Waals surface area contributed by atoms with E-state index >= 15 is 0 Å². The fourth-order valence-electron chi connectivity index (χ4n) is 3.12. The standard InChI is InChI=1S/C22H42O2/c1-5-7-9-11-12-13-14-16-18-20-22(4,24)21(3,23)19-17-15-10-8-6-2/h5-6,23-24H,1-2,7-20H2,3-4H3/t21-,22-/m1/s1. The molecule has 2 N–H and O–H groups in total. The van der Waals surface area contributed by atoms with Crippen molar-refractivity contribution in [1.82, 2.24) is 0 Å². The van der Waals surface area contributed by atoms with E-state index in [0.29, 0.717) is 12.8 Å². The Kier molecular flexibility index (Phi) is 13.3. The summed E-state index contributed by atoms with van der Waals surface area (Å²) in [5, 5.41) is 21.3. The molecule has 0 rings (SSSR count). The van der Waals surface area contributed by atoms with Gasteiger partial charge in [0.05, 0.1) is 11.2 Å². The van der Waals surface area contributed by atoms with Crippen molar-refractivity contribution in [2.45, 2.75) is 115 Å². The average molecular weight is 339 g/mol. The average Bonchev–Trinajstić information content (AvgIpc) is 2.53. The van der Waals surface area contributed by atoms with Crippen molar-refractivity contribution in [3.63, 3.8) is 0 Å². The molecule has 0 fully saturated rings. The van der Waals surface area contributed by atoms with Gasteiger partial charge in [-0.1, -0.05) is 63.5 Å². The second-order valence-corrected chi connectivity index (χ2v) is 7.74. The zero-order chi connectivity index (χ0) is 18.3. The number of rotatable bonds is 17. The van der Waals surface area contributed by atoms with Crippen molar-refractivity contribution in [2.75, 3.05) is 0 Å². The molecular formula is C22H42O2. The fourth-order valence-corrected chi connectivity index (χ4v) is 3.12. The molecule has 0 aromatic carbocycles. The van der Waals surface area contributed by atoms with Crippen LogP contribution in [0.4, 0.5) is 0 Å². The van der Waals surface area contributed by atoms with E-state index in [-0.39, 0.29) is 0 Å². The van der Waals surface area contributed by atoms with Crippen LogP contribution in [0, 0.1) is 0 Å². The highest BCUT2D eigenvalue weighted by Gasteiger charge is 2.40. The van der Waals surface area contributed by atoms with Crippen LogP contribution in [0.25, 0.3) is 0 Å². The Morgan fingerprint density at radius 3 is 1.25 bits per heavy atom. The lowest BCUT2D eigenvalue weighted by Crippen LogP contribution is -2.49. The van der Waals surface area contributed by atoms with Gasteiger partial charge in [0.1, 0.15) is 0 Å². The van der Waals surface area contributed by atoms with Crippen LogP contribution in [0.15, 0.2) is 25.3 Å². The van der Waals surface area contributed by atoms with Gasteiger partial charge in [0, 0.05) is 0 Å². The zero-order valence-electron chi connectivity index (χ0n) is 16.4. The first-order chi connectivity index (χ1) is 11.4. The quantitative estimate of drug-likeness (QED) is 0.240. The van der Waals surface area contributed by atoms with E-state index in [2.05, 4.69) is 13.2 Å². The topological polar surface area (TPSA) is 40.5 Å². The minimum absolute atomic E-state index is 0.667. The minimum atomic E-state index is -0.994. The van der Waals surface area contributed by atoms with Crippen LogP contribution >= 0.6 is 0 Å². The molecule has 0 aliphatic heterocycles. The van der Waals surface area contributed by atoms with Gasteiger partial charge in [-0.25, -0.2) is 0 Å². The molecule has 0 aromatic heterocycles. The largest absolute Gasteiger partial charge is 0.387 e. The lowest BCUT2D eigenvalue weighted by atomic mass is 9.78. The van der Waals surface area contributed by atoms with E-state index in [1.165, 1.54) is 32.1 Å². The SMILES string of the molecule is C=CCCCCCCCCC[C@@](C)(O)[C@](C)(O)CCCCCC=C. The zero-order valence-corrected chi connectivity index (χ0v) is 16.4. The number of allylic oxidation sites excluding steroid dienone is 2. The van der Waals surface area contributed by atoms with Crippen LogP contribution in [0.2, 0.25) is 0 Å². The first kappa shape index (κ1) is 23.4. The van der Waals surface area contributed by atoms with Crippen molar-refractivity contribution < 1.29 is 10.2 Å². The van der Waals surface area contributed by atoms with Gasteiger partial charge < -0.3 is 10.2 Å². The summed E-state index contributed by atoms with van der Waals surface area (Å²) in [6, 6.07) is 0. The van der Waals surface area contributed by atoms with E-state index in [9.17, 15) is 10.2 Å². The Morgan fingerprint density at radius 2 is 0.875 bits per heavy atom. The Morgan fingerprint density at radius 1 is 0.583 bits per heavy atom. The van der Waals surface area contributed by atoms with Gasteiger partial charge in [0.25, 0.3) is 0 Å². The molecule has 0 bridgehead atoms. The van der Waals surface area contributed by atoms with Crippen LogP contribution in [0.5, 0.6) is 0 Å². The normalized spacial score (nSPS) is 16.3. The molecule has 0 unspecified atom stereocenters. The molecule has 0 spiro atoms. The maximum atomic E-state index is 10.7. The Bertz CT molecular complexity index is 318. The van der Waals surface area contributed by atoms with E-state index < -0.39 is 11.2 Å². The lowest BCUT2D eigenvalue weighted by Gasteiger charge is -2.39. The number of hydrogen-bond acceptors (Lipinski definition) is 2. The number of hydrogen-bond donors (Lipinski definition) is 2.